The highest BCUT2D eigenvalue weighted by Gasteiger charge is 2.38. The number of aromatic nitrogens is 3. The van der Waals surface area contributed by atoms with Gasteiger partial charge in [-0.25, -0.2) is 4.79 Å². The van der Waals surface area contributed by atoms with Crippen molar-refractivity contribution in [1.29, 1.82) is 0 Å². The summed E-state index contributed by atoms with van der Waals surface area (Å²) in [6.45, 7) is 0.833. The number of imide groups is 1. The fourth-order valence-electron chi connectivity index (χ4n) is 3.94. The van der Waals surface area contributed by atoms with Crippen LogP contribution in [0.4, 0.5) is 4.79 Å². The molecule has 4 rings (SSSR count). The molecule has 2 aromatic heterocycles. The molecule has 4 amide bonds. The van der Waals surface area contributed by atoms with E-state index in [1.54, 1.807) is 0 Å². The van der Waals surface area contributed by atoms with Gasteiger partial charge < -0.3 is 10.6 Å². The molecule has 1 aromatic carbocycles. The van der Waals surface area contributed by atoms with E-state index in [9.17, 15) is 14.4 Å². The lowest BCUT2D eigenvalue weighted by Crippen LogP contribution is -2.37. The van der Waals surface area contributed by atoms with Crippen molar-refractivity contribution in [2.24, 2.45) is 0 Å². The normalized spacial score (nSPS) is 15.8. The first-order chi connectivity index (χ1) is 16.1. The smallest absolute Gasteiger partial charge is 0.324 e. The Labute approximate surface area is 192 Å². The quantitative estimate of drug-likeness (QED) is 0.345. The number of benzene rings is 1. The summed E-state index contributed by atoms with van der Waals surface area (Å²) in [5.74, 6) is 0.357. The number of urea groups is 1. The van der Waals surface area contributed by atoms with Gasteiger partial charge in [-0.15, -0.1) is 10.2 Å². The van der Waals surface area contributed by atoms with Gasteiger partial charge in [0.15, 0.2) is 5.65 Å². The maximum atomic E-state index is 12.5. The Kier molecular flexibility index (Phi) is 7.29. The first kappa shape index (κ1) is 22.4. The van der Waals surface area contributed by atoms with Crippen LogP contribution in [0.1, 0.15) is 37.1 Å². The van der Waals surface area contributed by atoms with Crippen LogP contribution in [-0.4, -0.2) is 56.5 Å². The van der Waals surface area contributed by atoms with Gasteiger partial charge in [0.1, 0.15) is 11.9 Å². The zero-order valence-corrected chi connectivity index (χ0v) is 18.4. The third kappa shape index (κ3) is 5.74. The lowest BCUT2D eigenvalue weighted by atomic mass is 10.1. The summed E-state index contributed by atoms with van der Waals surface area (Å²) in [7, 11) is 0. The number of nitrogens with one attached hydrogen (secondary N) is 2. The predicted octanol–water partition coefficient (Wildman–Crippen LogP) is 2.11. The van der Waals surface area contributed by atoms with Gasteiger partial charge in [0.2, 0.25) is 5.91 Å². The molecule has 0 aliphatic carbocycles. The van der Waals surface area contributed by atoms with Crippen LogP contribution in [0.5, 0.6) is 0 Å². The van der Waals surface area contributed by atoms with Crippen molar-refractivity contribution in [2.45, 2.75) is 44.6 Å². The lowest BCUT2D eigenvalue weighted by Gasteiger charge is -2.13. The molecule has 1 aliphatic rings. The van der Waals surface area contributed by atoms with Gasteiger partial charge in [0, 0.05) is 25.7 Å². The zero-order valence-electron chi connectivity index (χ0n) is 18.4. The summed E-state index contributed by atoms with van der Waals surface area (Å²) < 4.78 is 1.98. The van der Waals surface area contributed by atoms with E-state index in [-0.39, 0.29) is 18.2 Å². The molecule has 3 heterocycles. The highest BCUT2D eigenvalue weighted by atomic mass is 16.2. The predicted molar refractivity (Wildman–Crippen MR) is 122 cm³/mol. The summed E-state index contributed by atoms with van der Waals surface area (Å²) in [6.07, 6.45) is 6.03. The minimum Gasteiger partial charge on any atom is -0.356 e. The van der Waals surface area contributed by atoms with Gasteiger partial charge in [-0.3, -0.25) is 18.9 Å². The Morgan fingerprint density at radius 2 is 1.79 bits per heavy atom. The molecule has 1 atom stereocenters. The molecule has 3 aromatic rings. The SMILES string of the molecule is O=C(CC1NC(=O)N(CCc2ccccc2)C1=O)NCCCCCc1nnc2ccccn12. The van der Waals surface area contributed by atoms with Crippen LogP contribution in [0.3, 0.4) is 0 Å². The van der Waals surface area contributed by atoms with Crippen LogP contribution < -0.4 is 10.6 Å². The topological polar surface area (TPSA) is 109 Å². The van der Waals surface area contributed by atoms with Crippen molar-refractivity contribution in [2.75, 3.05) is 13.1 Å². The Bertz CT molecular complexity index is 1110. The van der Waals surface area contributed by atoms with Crippen molar-refractivity contribution < 1.29 is 14.4 Å². The average molecular weight is 449 g/mol. The van der Waals surface area contributed by atoms with Crippen LogP contribution in [0.25, 0.3) is 5.65 Å². The van der Waals surface area contributed by atoms with Crippen molar-refractivity contribution in [1.82, 2.24) is 30.1 Å². The third-order valence-corrected chi connectivity index (χ3v) is 5.75. The first-order valence-corrected chi connectivity index (χ1v) is 11.3. The summed E-state index contributed by atoms with van der Waals surface area (Å²) in [5.41, 5.74) is 1.89. The lowest BCUT2D eigenvalue weighted by molar-refractivity contribution is -0.130. The van der Waals surface area contributed by atoms with Crippen LogP contribution >= 0.6 is 0 Å². The largest absolute Gasteiger partial charge is 0.356 e. The van der Waals surface area contributed by atoms with Crippen LogP contribution in [0, 0.1) is 0 Å². The second-order valence-electron chi connectivity index (χ2n) is 8.14. The molecule has 1 aliphatic heterocycles. The van der Waals surface area contributed by atoms with Crippen LogP contribution in [0.15, 0.2) is 54.7 Å². The van der Waals surface area contributed by atoms with E-state index in [4.69, 9.17) is 0 Å². The van der Waals surface area contributed by atoms with Gasteiger partial charge >= 0.3 is 6.03 Å². The van der Waals surface area contributed by atoms with E-state index < -0.39 is 12.1 Å². The number of nitrogens with zero attached hydrogens (tertiary/aromatic N) is 4. The molecular formula is C24H28N6O3. The summed E-state index contributed by atoms with van der Waals surface area (Å²) in [5, 5.41) is 13.8. The maximum absolute atomic E-state index is 12.5. The fraction of sp³-hybridized carbons (Fsp3) is 0.375. The van der Waals surface area contributed by atoms with E-state index in [0.29, 0.717) is 19.5 Å². The van der Waals surface area contributed by atoms with Crippen molar-refractivity contribution in [3.8, 4) is 0 Å². The van der Waals surface area contributed by atoms with Gasteiger partial charge in [0.25, 0.3) is 5.91 Å². The highest BCUT2D eigenvalue weighted by molar-refractivity contribution is 6.05. The van der Waals surface area contributed by atoms with Crippen molar-refractivity contribution in [3.63, 3.8) is 0 Å². The highest BCUT2D eigenvalue weighted by Crippen LogP contribution is 2.12. The molecular weight excluding hydrogens is 420 g/mol. The molecule has 2 N–H and O–H groups in total. The molecule has 0 saturated carbocycles. The number of aryl methyl sites for hydroxylation is 1. The Morgan fingerprint density at radius 3 is 2.64 bits per heavy atom. The van der Waals surface area contributed by atoms with Crippen LogP contribution in [-0.2, 0) is 22.4 Å². The monoisotopic (exact) mass is 448 g/mol. The Morgan fingerprint density at radius 1 is 0.970 bits per heavy atom. The number of hydrogen-bond donors (Lipinski definition) is 2. The second-order valence-corrected chi connectivity index (χ2v) is 8.14. The van der Waals surface area contributed by atoms with Gasteiger partial charge in [0.05, 0.1) is 6.42 Å². The number of hydrogen-bond acceptors (Lipinski definition) is 5. The molecule has 1 saturated heterocycles. The number of rotatable bonds is 11. The zero-order chi connectivity index (χ0) is 23.0. The van der Waals surface area contributed by atoms with E-state index in [0.717, 1.165) is 42.7 Å². The average Bonchev–Trinajstić information content (AvgIpc) is 3.35. The Balaban J connectivity index is 1.12. The fourth-order valence-corrected chi connectivity index (χ4v) is 3.94. The maximum Gasteiger partial charge on any atom is 0.324 e. The van der Waals surface area contributed by atoms with Crippen molar-refractivity contribution >= 4 is 23.5 Å². The van der Waals surface area contributed by atoms with E-state index in [2.05, 4.69) is 20.8 Å². The van der Waals surface area contributed by atoms with Crippen LogP contribution in [0.2, 0.25) is 0 Å². The summed E-state index contributed by atoms with van der Waals surface area (Å²) in [6, 6.07) is 14.3. The standard InChI is InChI=1S/C24H28N6O3/c31-22(25-14-7-2-5-11-20-27-28-21-12-6-8-15-29(20)21)17-19-23(32)30(24(33)26-19)16-13-18-9-3-1-4-10-18/h1,3-4,6,8-10,12,15,19H,2,5,7,11,13-14,16-17H2,(H,25,31)(H,26,33). The molecule has 172 valence electrons. The van der Waals surface area contributed by atoms with Crippen molar-refractivity contribution in [3.05, 3.63) is 66.1 Å². The second kappa shape index (κ2) is 10.7. The minimum atomic E-state index is -0.797. The van der Waals surface area contributed by atoms with E-state index in [1.165, 1.54) is 4.90 Å². The number of fused-ring (bicyclic) bond motifs is 1. The van der Waals surface area contributed by atoms with Gasteiger partial charge in [-0.05, 0) is 37.0 Å². The molecule has 0 radical (unpaired) electrons. The van der Waals surface area contributed by atoms with E-state index in [1.807, 2.05) is 59.1 Å². The Hall–Kier alpha value is -3.75. The molecule has 1 fully saturated rings. The minimum absolute atomic E-state index is 0.0435. The number of carbonyl (C=O) groups is 3. The number of amides is 4. The molecule has 0 bridgehead atoms. The summed E-state index contributed by atoms with van der Waals surface area (Å²) >= 11 is 0. The molecule has 33 heavy (non-hydrogen) atoms. The molecule has 1 unspecified atom stereocenters. The molecule has 0 spiro atoms. The van der Waals surface area contributed by atoms with Gasteiger partial charge in [-0.1, -0.05) is 42.8 Å². The van der Waals surface area contributed by atoms with Gasteiger partial charge in [-0.2, -0.15) is 0 Å². The first-order valence-electron chi connectivity index (χ1n) is 11.3. The number of pyridine rings is 1. The van der Waals surface area contributed by atoms with E-state index >= 15 is 0 Å². The number of carbonyl (C=O) groups excluding carboxylic acids is 3. The molecule has 9 nitrogen and oxygen atoms in total. The summed E-state index contributed by atoms with van der Waals surface area (Å²) in [4.78, 5) is 38.1. The third-order valence-electron chi connectivity index (χ3n) is 5.75. The molecule has 9 heteroatoms. The number of unbranched alkanes of at least 4 members (excludes halogenated alkanes) is 2.